The molecule has 1 aromatic carbocycles. The molecule has 0 bridgehead atoms. The second-order valence-corrected chi connectivity index (χ2v) is 4.30. The Kier molecular flexibility index (Phi) is 3.98. The third kappa shape index (κ3) is 3.46. The number of hydrogen-bond acceptors (Lipinski definition) is 3. The first kappa shape index (κ1) is 11.9. The van der Waals surface area contributed by atoms with Gasteiger partial charge in [-0.05, 0) is 18.6 Å². The number of para-hydroxylation sites is 1. The second kappa shape index (κ2) is 5.68. The zero-order chi connectivity index (χ0) is 12.1. The summed E-state index contributed by atoms with van der Waals surface area (Å²) in [5.74, 6) is 0.937. The maximum absolute atomic E-state index is 11.8. The van der Waals surface area contributed by atoms with Crippen LogP contribution in [-0.2, 0) is 4.79 Å². The quantitative estimate of drug-likeness (QED) is 0.846. The summed E-state index contributed by atoms with van der Waals surface area (Å²) in [6.45, 7) is 1.89. The zero-order valence-electron chi connectivity index (χ0n) is 9.84. The first-order valence-corrected chi connectivity index (χ1v) is 5.97. The molecule has 0 saturated carbocycles. The molecule has 1 amide bonds. The number of hydrogen-bond donors (Lipinski definition) is 1. The Hall–Kier alpha value is -1.55. The molecule has 2 N–H and O–H groups in total. The van der Waals surface area contributed by atoms with E-state index in [-0.39, 0.29) is 11.9 Å². The van der Waals surface area contributed by atoms with E-state index in [1.54, 1.807) is 0 Å². The number of ether oxygens (including phenoxy) is 1. The lowest BCUT2D eigenvalue weighted by molar-refractivity contribution is -0.130. The standard InChI is InChI=1S/C13H18N2O2/c14-11-6-8-15(10-11)13(16)7-9-17-12-4-2-1-3-5-12/h1-5,11H,6-10,14H2/t11-/m0/s1. The van der Waals surface area contributed by atoms with Gasteiger partial charge in [0.15, 0.2) is 0 Å². The first-order chi connectivity index (χ1) is 8.25. The van der Waals surface area contributed by atoms with Crippen LogP contribution in [0.15, 0.2) is 30.3 Å². The number of benzene rings is 1. The second-order valence-electron chi connectivity index (χ2n) is 4.30. The average Bonchev–Trinajstić information content (AvgIpc) is 2.77. The molecule has 1 atom stereocenters. The van der Waals surface area contributed by atoms with Crippen molar-refractivity contribution >= 4 is 5.91 Å². The van der Waals surface area contributed by atoms with Crippen molar-refractivity contribution in [1.29, 1.82) is 0 Å². The predicted molar refractivity (Wildman–Crippen MR) is 65.7 cm³/mol. The largest absolute Gasteiger partial charge is 0.493 e. The summed E-state index contributed by atoms with van der Waals surface area (Å²) in [7, 11) is 0. The fraction of sp³-hybridized carbons (Fsp3) is 0.462. The summed E-state index contributed by atoms with van der Waals surface area (Å²) in [4.78, 5) is 13.6. The molecule has 17 heavy (non-hydrogen) atoms. The summed E-state index contributed by atoms with van der Waals surface area (Å²) in [6.07, 6.45) is 1.33. The summed E-state index contributed by atoms with van der Waals surface area (Å²) < 4.78 is 5.48. The van der Waals surface area contributed by atoms with Crippen LogP contribution in [0.25, 0.3) is 0 Å². The van der Waals surface area contributed by atoms with Crippen LogP contribution in [0.4, 0.5) is 0 Å². The van der Waals surface area contributed by atoms with Gasteiger partial charge < -0.3 is 15.4 Å². The number of nitrogens with two attached hydrogens (primary N) is 1. The molecule has 1 heterocycles. The Morgan fingerprint density at radius 1 is 1.41 bits per heavy atom. The summed E-state index contributed by atoms with van der Waals surface area (Å²) in [6, 6.07) is 9.68. The van der Waals surface area contributed by atoms with Gasteiger partial charge in [-0.25, -0.2) is 0 Å². The van der Waals surface area contributed by atoms with Crippen LogP contribution in [0.2, 0.25) is 0 Å². The van der Waals surface area contributed by atoms with Crippen LogP contribution < -0.4 is 10.5 Å². The molecule has 4 heteroatoms. The third-order valence-corrected chi connectivity index (χ3v) is 2.91. The van der Waals surface area contributed by atoms with Crippen LogP contribution in [0, 0.1) is 0 Å². The van der Waals surface area contributed by atoms with E-state index in [1.807, 2.05) is 35.2 Å². The maximum Gasteiger partial charge on any atom is 0.226 e. The maximum atomic E-state index is 11.8. The normalized spacial score (nSPS) is 19.4. The summed E-state index contributed by atoms with van der Waals surface area (Å²) in [5.41, 5.74) is 5.76. The van der Waals surface area contributed by atoms with Crippen LogP contribution >= 0.6 is 0 Å². The van der Waals surface area contributed by atoms with E-state index in [2.05, 4.69) is 0 Å². The number of likely N-dealkylation sites (tertiary alicyclic amines) is 1. The fourth-order valence-electron chi connectivity index (χ4n) is 1.94. The Balaban J connectivity index is 1.70. The number of rotatable bonds is 4. The zero-order valence-corrected chi connectivity index (χ0v) is 9.84. The number of carbonyl (C=O) groups excluding carboxylic acids is 1. The highest BCUT2D eigenvalue weighted by Crippen LogP contribution is 2.11. The highest BCUT2D eigenvalue weighted by molar-refractivity contribution is 5.76. The lowest BCUT2D eigenvalue weighted by Crippen LogP contribution is -2.32. The molecule has 0 aromatic heterocycles. The van der Waals surface area contributed by atoms with Crippen molar-refractivity contribution in [2.75, 3.05) is 19.7 Å². The van der Waals surface area contributed by atoms with Crippen LogP contribution in [0.3, 0.4) is 0 Å². The molecule has 0 unspecified atom stereocenters. The van der Waals surface area contributed by atoms with Gasteiger partial charge in [0, 0.05) is 19.1 Å². The Morgan fingerprint density at radius 3 is 2.82 bits per heavy atom. The molecule has 1 aliphatic heterocycles. The van der Waals surface area contributed by atoms with Gasteiger partial charge in [-0.15, -0.1) is 0 Å². The summed E-state index contributed by atoms with van der Waals surface area (Å²) in [5, 5.41) is 0. The van der Waals surface area contributed by atoms with E-state index in [1.165, 1.54) is 0 Å². The molecule has 1 fully saturated rings. The van der Waals surface area contributed by atoms with Crippen molar-refractivity contribution in [3.63, 3.8) is 0 Å². The van der Waals surface area contributed by atoms with Gasteiger partial charge in [0.25, 0.3) is 0 Å². The van der Waals surface area contributed by atoms with Crippen LogP contribution in [-0.4, -0.2) is 36.5 Å². The molecule has 1 aromatic rings. The van der Waals surface area contributed by atoms with Gasteiger partial charge in [-0.3, -0.25) is 4.79 Å². The number of nitrogens with zero attached hydrogens (tertiary/aromatic N) is 1. The van der Waals surface area contributed by atoms with Gasteiger partial charge in [0.1, 0.15) is 5.75 Å². The molecule has 1 aliphatic rings. The topological polar surface area (TPSA) is 55.6 Å². The van der Waals surface area contributed by atoms with Crippen molar-refractivity contribution < 1.29 is 9.53 Å². The molecular weight excluding hydrogens is 216 g/mol. The monoisotopic (exact) mass is 234 g/mol. The van der Waals surface area contributed by atoms with Gasteiger partial charge in [0.05, 0.1) is 13.0 Å². The van der Waals surface area contributed by atoms with E-state index >= 15 is 0 Å². The minimum atomic E-state index is 0.133. The minimum Gasteiger partial charge on any atom is -0.493 e. The smallest absolute Gasteiger partial charge is 0.226 e. The predicted octanol–water partition coefficient (Wildman–Crippen LogP) is 1.02. The lowest BCUT2D eigenvalue weighted by atomic mass is 10.3. The Labute approximate surface area is 101 Å². The van der Waals surface area contributed by atoms with Crippen molar-refractivity contribution in [2.24, 2.45) is 5.73 Å². The molecule has 92 valence electrons. The lowest BCUT2D eigenvalue weighted by Gasteiger charge is -2.15. The molecular formula is C13H18N2O2. The molecule has 2 rings (SSSR count). The minimum absolute atomic E-state index is 0.133. The first-order valence-electron chi connectivity index (χ1n) is 5.97. The van der Waals surface area contributed by atoms with Crippen molar-refractivity contribution in [3.8, 4) is 5.75 Å². The fourth-order valence-corrected chi connectivity index (χ4v) is 1.94. The van der Waals surface area contributed by atoms with E-state index in [0.717, 1.165) is 18.7 Å². The van der Waals surface area contributed by atoms with E-state index < -0.39 is 0 Å². The molecule has 0 spiro atoms. The molecule has 0 aliphatic carbocycles. The van der Waals surface area contributed by atoms with Gasteiger partial charge in [-0.1, -0.05) is 18.2 Å². The van der Waals surface area contributed by atoms with E-state index in [4.69, 9.17) is 10.5 Å². The summed E-state index contributed by atoms with van der Waals surface area (Å²) >= 11 is 0. The van der Waals surface area contributed by atoms with Gasteiger partial charge >= 0.3 is 0 Å². The number of amides is 1. The molecule has 0 radical (unpaired) electrons. The van der Waals surface area contributed by atoms with Gasteiger partial charge in [-0.2, -0.15) is 0 Å². The Morgan fingerprint density at radius 2 is 2.18 bits per heavy atom. The highest BCUT2D eigenvalue weighted by atomic mass is 16.5. The SMILES string of the molecule is N[C@H]1CCN(C(=O)CCOc2ccccc2)C1. The average molecular weight is 234 g/mol. The molecule has 1 saturated heterocycles. The third-order valence-electron chi connectivity index (χ3n) is 2.91. The van der Waals surface area contributed by atoms with E-state index in [9.17, 15) is 4.79 Å². The van der Waals surface area contributed by atoms with Crippen molar-refractivity contribution in [1.82, 2.24) is 4.90 Å². The van der Waals surface area contributed by atoms with Gasteiger partial charge in [0.2, 0.25) is 5.91 Å². The molecule has 4 nitrogen and oxygen atoms in total. The van der Waals surface area contributed by atoms with E-state index in [0.29, 0.717) is 19.6 Å². The highest BCUT2D eigenvalue weighted by Gasteiger charge is 2.22. The number of carbonyl (C=O) groups is 1. The Bertz CT molecular complexity index is 367. The van der Waals surface area contributed by atoms with Crippen LogP contribution in [0.1, 0.15) is 12.8 Å². The van der Waals surface area contributed by atoms with Crippen LogP contribution in [0.5, 0.6) is 5.75 Å². The van der Waals surface area contributed by atoms with Crippen molar-refractivity contribution in [2.45, 2.75) is 18.9 Å². The van der Waals surface area contributed by atoms with Crippen molar-refractivity contribution in [3.05, 3.63) is 30.3 Å².